The van der Waals surface area contributed by atoms with Gasteiger partial charge in [-0.15, -0.1) is 0 Å². The Morgan fingerprint density at radius 1 is 1.50 bits per heavy atom. The number of benzene rings is 1. The number of sulfonamides is 1. The van der Waals surface area contributed by atoms with Gasteiger partial charge in [0.2, 0.25) is 10.0 Å². The average molecular weight is 292 g/mol. The number of phenolic OH excluding ortho intramolecular Hbond substituents is 1. The molecule has 1 aromatic rings. The number of halogens is 1. The zero-order valence-corrected chi connectivity index (χ0v) is 11.2. The summed E-state index contributed by atoms with van der Waals surface area (Å²) in [4.78, 5) is 0. The topological polar surface area (TPSA) is 75.6 Å². The van der Waals surface area contributed by atoms with E-state index in [0.717, 1.165) is 12.8 Å². The average Bonchev–Trinajstić information content (AvgIpc) is 2.76. The summed E-state index contributed by atoms with van der Waals surface area (Å²) in [5.41, 5.74) is 0.0838. The number of para-hydroxylation sites is 1. The summed E-state index contributed by atoms with van der Waals surface area (Å²) >= 11 is 5.70. The molecule has 5 nitrogen and oxygen atoms in total. The normalized spacial score (nSPS) is 19.9. The Bertz CT molecular complexity index is 526. The number of nitrogens with one attached hydrogen (secondary N) is 1. The Morgan fingerprint density at radius 2 is 2.28 bits per heavy atom. The second-order valence-electron chi connectivity index (χ2n) is 4.15. The smallest absolute Gasteiger partial charge is 0.235 e. The quantitative estimate of drug-likeness (QED) is 0.832. The molecule has 0 radical (unpaired) electrons. The maximum atomic E-state index is 11.9. The van der Waals surface area contributed by atoms with Gasteiger partial charge in [0.15, 0.2) is 5.75 Å². The van der Waals surface area contributed by atoms with Crippen molar-refractivity contribution in [2.45, 2.75) is 18.9 Å². The molecular formula is C11H14ClNO4S. The van der Waals surface area contributed by atoms with E-state index in [9.17, 15) is 13.5 Å². The van der Waals surface area contributed by atoms with Gasteiger partial charge in [-0.3, -0.25) is 4.72 Å². The molecule has 100 valence electrons. The molecule has 0 aliphatic carbocycles. The van der Waals surface area contributed by atoms with Crippen molar-refractivity contribution < 1.29 is 18.3 Å². The molecule has 1 atom stereocenters. The van der Waals surface area contributed by atoms with E-state index in [-0.39, 0.29) is 28.3 Å². The summed E-state index contributed by atoms with van der Waals surface area (Å²) in [7, 11) is -3.55. The van der Waals surface area contributed by atoms with Crippen LogP contribution >= 0.6 is 11.6 Å². The van der Waals surface area contributed by atoms with Crippen LogP contribution in [-0.4, -0.2) is 32.0 Å². The molecule has 0 saturated carbocycles. The summed E-state index contributed by atoms with van der Waals surface area (Å²) in [5, 5.41) is 9.74. The first-order chi connectivity index (χ1) is 8.48. The van der Waals surface area contributed by atoms with Crippen LogP contribution in [-0.2, 0) is 14.8 Å². The molecule has 18 heavy (non-hydrogen) atoms. The van der Waals surface area contributed by atoms with Gasteiger partial charge in [-0.05, 0) is 25.0 Å². The van der Waals surface area contributed by atoms with E-state index in [1.807, 2.05) is 0 Å². The molecule has 1 saturated heterocycles. The highest BCUT2D eigenvalue weighted by Gasteiger charge is 2.24. The van der Waals surface area contributed by atoms with Gasteiger partial charge in [-0.1, -0.05) is 17.7 Å². The molecule has 1 heterocycles. The van der Waals surface area contributed by atoms with Crippen LogP contribution in [0.1, 0.15) is 12.8 Å². The molecule has 1 unspecified atom stereocenters. The molecule has 1 fully saturated rings. The van der Waals surface area contributed by atoms with E-state index >= 15 is 0 Å². The highest BCUT2D eigenvalue weighted by atomic mass is 35.5. The fourth-order valence-electron chi connectivity index (χ4n) is 1.83. The van der Waals surface area contributed by atoms with Crippen LogP contribution in [0.2, 0.25) is 5.02 Å². The van der Waals surface area contributed by atoms with Crippen LogP contribution in [0, 0.1) is 0 Å². The number of phenols is 1. The number of anilines is 1. The SMILES string of the molecule is O=S(=O)(CC1CCCO1)Nc1cccc(Cl)c1O. The molecule has 1 aliphatic rings. The van der Waals surface area contributed by atoms with Crippen molar-refractivity contribution in [3.8, 4) is 5.75 Å². The predicted octanol–water partition coefficient (Wildman–Crippen LogP) is 1.97. The fourth-order valence-corrected chi connectivity index (χ4v) is 3.34. The Labute approximate surface area is 111 Å². The van der Waals surface area contributed by atoms with E-state index < -0.39 is 10.0 Å². The van der Waals surface area contributed by atoms with Gasteiger partial charge in [0, 0.05) is 6.61 Å². The molecule has 1 aromatic carbocycles. The van der Waals surface area contributed by atoms with Gasteiger partial charge in [-0.25, -0.2) is 8.42 Å². The van der Waals surface area contributed by atoms with Crippen LogP contribution in [0.4, 0.5) is 5.69 Å². The number of hydrogen-bond acceptors (Lipinski definition) is 4. The largest absolute Gasteiger partial charge is 0.504 e. The zero-order chi connectivity index (χ0) is 13.2. The minimum Gasteiger partial charge on any atom is -0.504 e. The van der Waals surface area contributed by atoms with Gasteiger partial charge in [0.25, 0.3) is 0 Å². The summed E-state index contributed by atoms with van der Waals surface area (Å²) in [6.45, 7) is 0.600. The predicted molar refractivity (Wildman–Crippen MR) is 69.5 cm³/mol. The second kappa shape index (κ2) is 5.34. The van der Waals surface area contributed by atoms with Crippen molar-refractivity contribution in [2.24, 2.45) is 0 Å². The van der Waals surface area contributed by atoms with Crippen LogP contribution in [0.15, 0.2) is 18.2 Å². The first-order valence-corrected chi connectivity index (χ1v) is 7.60. The minimum atomic E-state index is -3.55. The maximum absolute atomic E-state index is 11.9. The number of hydrogen-bond donors (Lipinski definition) is 2. The lowest BCUT2D eigenvalue weighted by molar-refractivity contribution is 0.127. The molecule has 7 heteroatoms. The summed E-state index contributed by atoms with van der Waals surface area (Å²) in [6.07, 6.45) is 1.34. The second-order valence-corrected chi connectivity index (χ2v) is 6.33. The van der Waals surface area contributed by atoms with Crippen LogP contribution < -0.4 is 4.72 Å². The number of rotatable bonds is 4. The Morgan fingerprint density at radius 3 is 2.94 bits per heavy atom. The molecule has 0 spiro atoms. The lowest BCUT2D eigenvalue weighted by Crippen LogP contribution is -2.25. The number of aromatic hydroxyl groups is 1. The minimum absolute atomic E-state index is 0.0838. The van der Waals surface area contributed by atoms with E-state index in [0.29, 0.717) is 6.61 Å². The van der Waals surface area contributed by atoms with Gasteiger partial charge in [0.1, 0.15) is 0 Å². The Balaban J connectivity index is 2.09. The lowest BCUT2D eigenvalue weighted by atomic mass is 10.3. The molecule has 0 amide bonds. The lowest BCUT2D eigenvalue weighted by Gasteiger charge is -2.13. The van der Waals surface area contributed by atoms with E-state index in [4.69, 9.17) is 16.3 Å². The van der Waals surface area contributed by atoms with E-state index in [1.54, 1.807) is 6.07 Å². The highest BCUT2D eigenvalue weighted by Crippen LogP contribution is 2.32. The van der Waals surface area contributed by atoms with E-state index in [2.05, 4.69) is 4.72 Å². The van der Waals surface area contributed by atoms with Crippen LogP contribution in [0.25, 0.3) is 0 Å². The molecular weight excluding hydrogens is 278 g/mol. The molecule has 2 N–H and O–H groups in total. The van der Waals surface area contributed by atoms with Crippen molar-refractivity contribution in [3.63, 3.8) is 0 Å². The first-order valence-electron chi connectivity index (χ1n) is 5.57. The van der Waals surface area contributed by atoms with Crippen molar-refractivity contribution in [2.75, 3.05) is 17.1 Å². The Kier molecular flexibility index (Phi) is 3.99. The summed E-state index contributed by atoms with van der Waals surface area (Å²) < 4.78 is 31.3. The maximum Gasteiger partial charge on any atom is 0.235 e. The van der Waals surface area contributed by atoms with E-state index in [1.165, 1.54) is 12.1 Å². The van der Waals surface area contributed by atoms with Crippen molar-refractivity contribution in [1.82, 2.24) is 0 Å². The third kappa shape index (κ3) is 3.28. The fraction of sp³-hybridized carbons (Fsp3) is 0.455. The molecule has 2 rings (SSSR count). The molecule has 1 aliphatic heterocycles. The van der Waals surface area contributed by atoms with Crippen LogP contribution in [0.5, 0.6) is 5.75 Å². The molecule has 0 bridgehead atoms. The van der Waals surface area contributed by atoms with Gasteiger partial charge in [-0.2, -0.15) is 0 Å². The number of ether oxygens (including phenoxy) is 1. The molecule has 0 aromatic heterocycles. The monoisotopic (exact) mass is 291 g/mol. The van der Waals surface area contributed by atoms with Gasteiger partial charge >= 0.3 is 0 Å². The third-order valence-corrected chi connectivity index (χ3v) is 4.33. The summed E-state index contributed by atoms with van der Waals surface area (Å²) in [6, 6.07) is 4.50. The van der Waals surface area contributed by atoms with Gasteiger partial charge in [0.05, 0.1) is 22.6 Å². The zero-order valence-electron chi connectivity index (χ0n) is 9.60. The third-order valence-electron chi connectivity index (χ3n) is 2.68. The highest BCUT2D eigenvalue weighted by molar-refractivity contribution is 7.92. The van der Waals surface area contributed by atoms with Crippen molar-refractivity contribution >= 4 is 27.3 Å². The van der Waals surface area contributed by atoms with Gasteiger partial charge < -0.3 is 9.84 Å². The summed E-state index contributed by atoms with van der Waals surface area (Å²) in [5.74, 6) is -0.381. The Hall–Kier alpha value is -0.980. The standard InChI is InChI=1S/C11H14ClNO4S/c12-9-4-1-5-10(11(9)14)13-18(15,16)7-8-3-2-6-17-8/h1,4-5,8,13-14H,2-3,6-7H2. The van der Waals surface area contributed by atoms with Crippen LogP contribution in [0.3, 0.4) is 0 Å². The van der Waals surface area contributed by atoms with Crippen molar-refractivity contribution in [3.05, 3.63) is 23.2 Å². The first kappa shape index (κ1) is 13.5. The van der Waals surface area contributed by atoms with Crippen molar-refractivity contribution in [1.29, 1.82) is 0 Å².